The molecule has 0 atom stereocenters. The van der Waals surface area contributed by atoms with Crippen LogP contribution >= 0.6 is 0 Å². The highest BCUT2D eigenvalue weighted by molar-refractivity contribution is 7.90. The Labute approximate surface area is 121 Å². The summed E-state index contributed by atoms with van der Waals surface area (Å²) in [7, 11) is -1.74. The average molecular weight is 307 g/mol. The number of aromatic nitrogens is 1. The van der Waals surface area contributed by atoms with Crippen molar-refractivity contribution < 1.29 is 23.1 Å². The van der Waals surface area contributed by atoms with Gasteiger partial charge >= 0.3 is 5.97 Å². The summed E-state index contributed by atoms with van der Waals surface area (Å²) in [5, 5.41) is 9.91. The number of sulfone groups is 1. The molecule has 0 saturated heterocycles. The van der Waals surface area contributed by atoms with Crippen LogP contribution in [0.4, 0.5) is 0 Å². The first-order chi connectivity index (χ1) is 9.91. The molecular formula is C14H13NO5S. The Bertz CT molecular complexity index is 857. The van der Waals surface area contributed by atoms with Crippen LogP contribution in [-0.2, 0) is 22.0 Å². The minimum absolute atomic E-state index is 0.00152. The fraction of sp³-hybridized carbons (Fsp3) is 0.286. The molecule has 1 N–H and O–H groups in total. The molecule has 2 heterocycles. The van der Waals surface area contributed by atoms with Crippen LogP contribution < -0.4 is 4.74 Å². The zero-order valence-corrected chi connectivity index (χ0v) is 12.1. The Morgan fingerprint density at radius 1 is 1.38 bits per heavy atom. The number of ether oxygens (including phenoxy) is 1. The van der Waals surface area contributed by atoms with Crippen LogP contribution in [0.2, 0.25) is 0 Å². The van der Waals surface area contributed by atoms with Gasteiger partial charge in [0.05, 0.1) is 29.7 Å². The third-order valence-corrected chi connectivity index (χ3v) is 5.16. The molecule has 1 aliphatic rings. The molecule has 1 aromatic carbocycles. The van der Waals surface area contributed by atoms with Gasteiger partial charge in [-0.25, -0.2) is 13.2 Å². The number of fused-ring (bicyclic) bond motifs is 2. The Balaban J connectivity index is 2.36. The van der Waals surface area contributed by atoms with E-state index >= 15 is 0 Å². The predicted molar refractivity (Wildman–Crippen MR) is 76.4 cm³/mol. The van der Waals surface area contributed by atoms with Gasteiger partial charge in [-0.1, -0.05) is 0 Å². The Morgan fingerprint density at radius 2 is 2.14 bits per heavy atom. The zero-order chi connectivity index (χ0) is 15.2. The van der Waals surface area contributed by atoms with Crippen LogP contribution in [0.1, 0.15) is 21.6 Å². The number of methoxy groups -OCH3 is 1. The molecule has 0 unspecified atom stereocenters. The fourth-order valence-electron chi connectivity index (χ4n) is 2.61. The number of carbonyl (C=O) groups is 1. The lowest BCUT2D eigenvalue weighted by Crippen LogP contribution is -2.23. The summed E-state index contributed by atoms with van der Waals surface area (Å²) in [5.74, 6) is -0.823. The smallest absolute Gasteiger partial charge is 0.336 e. The number of carboxylic acids is 1. The van der Waals surface area contributed by atoms with Crippen molar-refractivity contribution in [1.82, 2.24) is 4.98 Å². The molecule has 6 nitrogen and oxygen atoms in total. The second-order valence-corrected chi connectivity index (χ2v) is 7.13. The van der Waals surface area contributed by atoms with Gasteiger partial charge in [0, 0.05) is 29.1 Å². The van der Waals surface area contributed by atoms with E-state index in [1.165, 1.54) is 7.11 Å². The quantitative estimate of drug-likeness (QED) is 0.901. The predicted octanol–water partition coefficient (Wildman–Crippen LogP) is 1.41. The molecule has 7 heteroatoms. The molecule has 3 rings (SSSR count). The molecule has 110 valence electrons. The van der Waals surface area contributed by atoms with Crippen LogP contribution in [0.3, 0.4) is 0 Å². The van der Waals surface area contributed by atoms with E-state index in [0.717, 1.165) is 0 Å². The van der Waals surface area contributed by atoms with Crippen molar-refractivity contribution in [2.24, 2.45) is 0 Å². The van der Waals surface area contributed by atoms with Gasteiger partial charge < -0.3 is 9.84 Å². The van der Waals surface area contributed by atoms with Crippen LogP contribution in [0.5, 0.6) is 5.75 Å². The number of benzene rings is 1. The van der Waals surface area contributed by atoms with E-state index in [1.807, 2.05) is 0 Å². The molecule has 21 heavy (non-hydrogen) atoms. The monoisotopic (exact) mass is 307 g/mol. The molecule has 0 fully saturated rings. The minimum Gasteiger partial charge on any atom is -0.497 e. The van der Waals surface area contributed by atoms with Gasteiger partial charge in [0.2, 0.25) is 0 Å². The van der Waals surface area contributed by atoms with Gasteiger partial charge in [-0.05, 0) is 12.1 Å². The summed E-state index contributed by atoms with van der Waals surface area (Å²) in [5.41, 5.74) is 1.39. The van der Waals surface area contributed by atoms with Crippen LogP contribution in [-0.4, -0.2) is 37.3 Å². The van der Waals surface area contributed by atoms with Crippen molar-refractivity contribution in [1.29, 1.82) is 0 Å². The third-order valence-electron chi connectivity index (χ3n) is 3.61. The number of rotatable bonds is 2. The van der Waals surface area contributed by atoms with Crippen molar-refractivity contribution in [3.05, 3.63) is 35.0 Å². The summed E-state index contributed by atoms with van der Waals surface area (Å²) in [6.45, 7) is 0. The van der Waals surface area contributed by atoms with Crippen molar-refractivity contribution in [3.8, 4) is 5.75 Å². The SMILES string of the molecule is COc1ccc2c(C(=O)O)c3c(nc2c1)CCS(=O)(=O)C3. The standard InChI is InChI=1S/C14H13NO5S/c1-20-8-2-3-9-12(6-8)15-11-4-5-21(18,19)7-10(11)13(9)14(16)17/h2-3,6H,4-5,7H2,1H3,(H,16,17). The van der Waals surface area contributed by atoms with Crippen LogP contribution in [0, 0.1) is 0 Å². The maximum atomic E-state index is 11.8. The lowest BCUT2D eigenvalue weighted by molar-refractivity contribution is 0.0698. The van der Waals surface area contributed by atoms with E-state index in [1.54, 1.807) is 18.2 Å². The molecule has 1 aromatic heterocycles. The number of aromatic carboxylic acids is 1. The topological polar surface area (TPSA) is 93.6 Å². The number of hydrogen-bond acceptors (Lipinski definition) is 5. The molecule has 0 bridgehead atoms. The molecule has 0 spiro atoms. The van der Waals surface area contributed by atoms with E-state index in [9.17, 15) is 18.3 Å². The first-order valence-electron chi connectivity index (χ1n) is 6.34. The van der Waals surface area contributed by atoms with Gasteiger partial charge in [0.25, 0.3) is 0 Å². The van der Waals surface area contributed by atoms with Crippen molar-refractivity contribution >= 4 is 26.7 Å². The molecule has 1 aliphatic heterocycles. The van der Waals surface area contributed by atoms with E-state index in [2.05, 4.69) is 4.98 Å². The van der Waals surface area contributed by atoms with E-state index in [0.29, 0.717) is 27.9 Å². The lowest BCUT2D eigenvalue weighted by atomic mass is 10.00. The second-order valence-electron chi connectivity index (χ2n) is 4.94. The highest BCUT2D eigenvalue weighted by atomic mass is 32.2. The third kappa shape index (κ3) is 2.33. The van der Waals surface area contributed by atoms with E-state index in [4.69, 9.17) is 4.74 Å². The molecule has 0 radical (unpaired) electrons. The summed E-state index contributed by atoms with van der Waals surface area (Å²) in [6.07, 6.45) is 0.241. The van der Waals surface area contributed by atoms with Crippen LogP contribution in [0.25, 0.3) is 10.9 Å². The number of hydrogen-bond donors (Lipinski definition) is 1. The van der Waals surface area contributed by atoms with Crippen molar-refractivity contribution in [2.75, 3.05) is 12.9 Å². The lowest BCUT2D eigenvalue weighted by Gasteiger charge is -2.19. The number of carboxylic acid groups (broad SMARTS) is 1. The van der Waals surface area contributed by atoms with Crippen LogP contribution in [0.15, 0.2) is 18.2 Å². The van der Waals surface area contributed by atoms with Crippen molar-refractivity contribution in [3.63, 3.8) is 0 Å². The minimum atomic E-state index is -3.26. The highest BCUT2D eigenvalue weighted by Crippen LogP contribution is 2.30. The molecular weight excluding hydrogens is 294 g/mol. The first kappa shape index (κ1) is 13.8. The number of nitrogens with zero attached hydrogens (tertiary/aromatic N) is 1. The highest BCUT2D eigenvalue weighted by Gasteiger charge is 2.29. The summed E-state index contributed by atoms with van der Waals surface area (Å²) < 4.78 is 28.7. The average Bonchev–Trinajstić information content (AvgIpc) is 2.43. The van der Waals surface area contributed by atoms with E-state index in [-0.39, 0.29) is 23.5 Å². The first-order valence-corrected chi connectivity index (χ1v) is 8.16. The van der Waals surface area contributed by atoms with Gasteiger partial charge in [-0.2, -0.15) is 0 Å². The van der Waals surface area contributed by atoms with Crippen molar-refractivity contribution in [2.45, 2.75) is 12.2 Å². The summed E-state index contributed by atoms with van der Waals surface area (Å²) in [6, 6.07) is 4.90. The fourth-order valence-corrected chi connectivity index (χ4v) is 4.01. The van der Waals surface area contributed by atoms with E-state index < -0.39 is 15.8 Å². The number of pyridine rings is 1. The molecule has 0 amide bonds. The largest absolute Gasteiger partial charge is 0.497 e. The Morgan fingerprint density at radius 3 is 2.81 bits per heavy atom. The van der Waals surface area contributed by atoms with Gasteiger partial charge in [0.1, 0.15) is 5.75 Å². The summed E-state index contributed by atoms with van der Waals surface area (Å²) in [4.78, 5) is 16.0. The maximum absolute atomic E-state index is 11.8. The summed E-state index contributed by atoms with van der Waals surface area (Å²) >= 11 is 0. The number of aryl methyl sites for hydroxylation is 1. The molecule has 0 saturated carbocycles. The maximum Gasteiger partial charge on any atom is 0.336 e. The normalized spacial score (nSPS) is 16.4. The molecule has 2 aromatic rings. The van der Waals surface area contributed by atoms with Gasteiger partial charge in [-0.3, -0.25) is 4.98 Å². The van der Waals surface area contributed by atoms with Gasteiger partial charge in [0.15, 0.2) is 9.84 Å². The second kappa shape index (κ2) is 4.70. The zero-order valence-electron chi connectivity index (χ0n) is 11.3. The van der Waals surface area contributed by atoms with Gasteiger partial charge in [-0.15, -0.1) is 0 Å². The Kier molecular flexibility index (Phi) is 3.09. The molecule has 0 aliphatic carbocycles. The Hall–Kier alpha value is -2.15.